The largest absolute Gasteiger partial charge is 0.493 e. The SMILES string of the molecule is O=C(O)c1ccc2nnc(CCOc3ccccc3)n2c1. The van der Waals surface area contributed by atoms with Gasteiger partial charge in [-0.15, -0.1) is 10.2 Å². The minimum Gasteiger partial charge on any atom is -0.493 e. The maximum absolute atomic E-state index is 11.0. The van der Waals surface area contributed by atoms with E-state index in [1.54, 1.807) is 10.5 Å². The number of hydrogen-bond acceptors (Lipinski definition) is 4. The van der Waals surface area contributed by atoms with Gasteiger partial charge in [0.1, 0.15) is 11.6 Å². The molecule has 0 aliphatic carbocycles. The Morgan fingerprint density at radius 2 is 1.95 bits per heavy atom. The van der Waals surface area contributed by atoms with Crippen LogP contribution in [0.4, 0.5) is 0 Å². The molecule has 0 aliphatic heterocycles. The molecule has 0 amide bonds. The lowest BCUT2D eigenvalue weighted by Gasteiger charge is -2.05. The fourth-order valence-electron chi connectivity index (χ4n) is 2.01. The van der Waals surface area contributed by atoms with Crippen LogP contribution >= 0.6 is 0 Å². The second kappa shape index (κ2) is 5.62. The summed E-state index contributed by atoms with van der Waals surface area (Å²) in [5.74, 6) is 0.485. The van der Waals surface area contributed by atoms with E-state index in [0.717, 1.165) is 5.75 Å². The van der Waals surface area contributed by atoms with Gasteiger partial charge < -0.3 is 9.84 Å². The second-order valence-corrected chi connectivity index (χ2v) is 4.48. The molecule has 0 atom stereocenters. The maximum Gasteiger partial charge on any atom is 0.337 e. The first kappa shape index (κ1) is 13.1. The number of para-hydroxylation sites is 1. The molecule has 2 aromatic heterocycles. The summed E-state index contributed by atoms with van der Waals surface area (Å²) in [7, 11) is 0. The Morgan fingerprint density at radius 3 is 2.71 bits per heavy atom. The summed E-state index contributed by atoms with van der Waals surface area (Å²) in [5.41, 5.74) is 0.822. The van der Waals surface area contributed by atoms with Crippen LogP contribution in [0.25, 0.3) is 5.65 Å². The monoisotopic (exact) mass is 283 g/mol. The molecule has 1 N–H and O–H groups in total. The number of benzene rings is 1. The molecule has 3 rings (SSSR count). The molecule has 0 radical (unpaired) electrons. The van der Waals surface area contributed by atoms with Crippen LogP contribution in [0.2, 0.25) is 0 Å². The van der Waals surface area contributed by atoms with Gasteiger partial charge in [0.05, 0.1) is 12.2 Å². The van der Waals surface area contributed by atoms with Crippen LogP contribution in [0.15, 0.2) is 48.7 Å². The highest BCUT2D eigenvalue weighted by Gasteiger charge is 2.09. The molecule has 0 saturated heterocycles. The van der Waals surface area contributed by atoms with Crippen molar-refractivity contribution >= 4 is 11.6 Å². The number of rotatable bonds is 5. The van der Waals surface area contributed by atoms with E-state index < -0.39 is 5.97 Å². The molecule has 6 heteroatoms. The summed E-state index contributed by atoms with van der Waals surface area (Å²) in [6, 6.07) is 12.6. The Hall–Kier alpha value is -2.89. The minimum atomic E-state index is -0.975. The van der Waals surface area contributed by atoms with Crippen LogP contribution < -0.4 is 4.74 Å². The molecule has 3 aromatic rings. The molecule has 0 unspecified atom stereocenters. The number of ether oxygens (including phenoxy) is 1. The van der Waals surface area contributed by atoms with E-state index in [9.17, 15) is 4.79 Å². The van der Waals surface area contributed by atoms with Gasteiger partial charge in [0.2, 0.25) is 0 Å². The molecule has 0 fully saturated rings. The molecule has 0 spiro atoms. The van der Waals surface area contributed by atoms with Gasteiger partial charge in [0.15, 0.2) is 5.65 Å². The Morgan fingerprint density at radius 1 is 1.14 bits per heavy atom. The van der Waals surface area contributed by atoms with Crippen molar-refractivity contribution in [3.8, 4) is 5.75 Å². The zero-order valence-corrected chi connectivity index (χ0v) is 11.1. The van der Waals surface area contributed by atoms with Gasteiger partial charge in [-0.1, -0.05) is 18.2 Å². The minimum absolute atomic E-state index is 0.201. The summed E-state index contributed by atoms with van der Waals surface area (Å²) in [4.78, 5) is 11.0. The van der Waals surface area contributed by atoms with Crippen LogP contribution in [0, 0.1) is 0 Å². The second-order valence-electron chi connectivity index (χ2n) is 4.48. The molecule has 2 heterocycles. The fraction of sp³-hybridized carbons (Fsp3) is 0.133. The fourth-order valence-corrected chi connectivity index (χ4v) is 2.01. The Balaban J connectivity index is 1.74. The first-order valence-electron chi connectivity index (χ1n) is 6.49. The van der Waals surface area contributed by atoms with Crippen LogP contribution in [0.1, 0.15) is 16.2 Å². The number of carbonyl (C=O) groups is 1. The van der Waals surface area contributed by atoms with Crippen molar-refractivity contribution in [3.63, 3.8) is 0 Å². The van der Waals surface area contributed by atoms with Gasteiger partial charge in [0, 0.05) is 12.6 Å². The van der Waals surface area contributed by atoms with Gasteiger partial charge in [-0.2, -0.15) is 0 Å². The average Bonchev–Trinajstić information content (AvgIpc) is 2.91. The molecule has 21 heavy (non-hydrogen) atoms. The third kappa shape index (κ3) is 2.84. The highest BCUT2D eigenvalue weighted by Crippen LogP contribution is 2.11. The lowest BCUT2D eigenvalue weighted by Crippen LogP contribution is -2.06. The van der Waals surface area contributed by atoms with E-state index in [0.29, 0.717) is 24.5 Å². The lowest BCUT2D eigenvalue weighted by molar-refractivity contribution is 0.0696. The van der Waals surface area contributed by atoms with E-state index in [-0.39, 0.29) is 5.56 Å². The van der Waals surface area contributed by atoms with Gasteiger partial charge in [-0.25, -0.2) is 4.79 Å². The zero-order valence-electron chi connectivity index (χ0n) is 11.1. The van der Waals surface area contributed by atoms with E-state index in [1.807, 2.05) is 30.3 Å². The van der Waals surface area contributed by atoms with Crippen LogP contribution in [0.3, 0.4) is 0 Å². The van der Waals surface area contributed by atoms with E-state index in [4.69, 9.17) is 9.84 Å². The third-order valence-electron chi connectivity index (χ3n) is 3.06. The zero-order chi connectivity index (χ0) is 14.7. The van der Waals surface area contributed by atoms with Gasteiger partial charge in [-0.3, -0.25) is 4.40 Å². The first-order valence-corrected chi connectivity index (χ1v) is 6.49. The molecule has 106 valence electrons. The van der Waals surface area contributed by atoms with Crippen molar-refractivity contribution in [1.82, 2.24) is 14.6 Å². The number of nitrogens with zero attached hydrogens (tertiary/aromatic N) is 3. The van der Waals surface area contributed by atoms with Gasteiger partial charge in [-0.05, 0) is 24.3 Å². The Labute approximate surface area is 120 Å². The summed E-state index contributed by atoms with van der Waals surface area (Å²) >= 11 is 0. The predicted octanol–water partition coefficient (Wildman–Crippen LogP) is 2.05. The summed E-state index contributed by atoms with van der Waals surface area (Å²) in [6.07, 6.45) is 2.06. The lowest BCUT2D eigenvalue weighted by atomic mass is 10.3. The molecular formula is C15H13N3O3. The highest BCUT2D eigenvalue weighted by molar-refractivity contribution is 5.87. The topological polar surface area (TPSA) is 76.7 Å². The van der Waals surface area contributed by atoms with E-state index in [2.05, 4.69) is 10.2 Å². The summed E-state index contributed by atoms with van der Waals surface area (Å²) in [6.45, 7) is 0.447. The maximum atomic E-state index is 11.0. The van der Waals surface area contributed by atoms with Crippen LogP contribution in [0.5, 0.6) is 5.75 Å². The van der Waals surface area contributed by atoms with Gasteiger partial charge in [0.25, 0.3) is 0 Å². The Kier molecular flexibility index (Phi) is 3.51. The average molecular weight is 283 g/mol. The number of pyridine rings is 1. The normalized spacial score (nSPS) is 10.7. The van der Waals surface area contributed by atoms with E-state index >= 15 is 0 Å². The van der Waals surface area contributed by atoms with Crippen LogP contribution in [-0.2, 0) is 6.42 Å². The number of fused-ring (bicyclic) bond motifs is 1. The third-order valence-corrected chi connectivity index (χ3v) is 3.06. The number of aromatic nitrogens is 3. The molecule has 1 aromatic carbocycles. The van der Waals surface area contributed by atoms with Crippen LogP contribution in [-0.4, -0.2) is 32.3 Å². The Bertz CT molecular complexity index is 768. The standard InChI is InChI=1S/C15H13N3O3/c19-15(20)11-6-7-13-16-17-14(18(13)10-11)8-9-21-12-4-2-1-3-5-12/h1-7,10H,8-9H2,(H,19,20). The molecule has 0 bridgehead atoms. The van der Waals surface area contributed by atoms with Crippen molar-refractivity contribution in [2.45, 2.75) is 6.42 Å². The van der Waals surface area contributed by atoms with Crippen molar-refractivity contribution in [2.75, 3.05) is 6.61 Å². The van der Waals surface area contributed by atoms with Crippen molar-refractivity contribution < 1.29 is 14.6 Å². The molecule has 0 aliphatic rings. The molecule has 0 saturated carbocycles. The smallest absolute Gasteiger partial charge is 0.337 e. The number of carboxylic acids is 1. The van der Waals surface area contributed by atoms with E-state index in [1.165, 1.54) is 12.3 Å². The first-order chi connectivity index (χ1) is 10.2. The summed E-state index contributed by atoms with van der Waals surface area (Å²) < 4.78 is 7.29. The number of hydrogen-bond donors (Lipinski definition) is 1. The quantitative estimate of drug-likeness (QED) is 0.775. The highest BCUT2D eigenvalue weighted by atomic mass is 16.5. The number of carboxylic acid groups (broad SMARTS) is 1. The molecule has 6 nitrogen and oxygen atoms in total. The summed E-state index contributed by atoms with van der Waals surface area (Å²) in [5, 5.41) is 17.1. The van der Waals surface area contributed by atoms with Crippen molar-refractivity contribution in [3.05, 3.63) is 60.0 Å². The van der Waals surface area contributed by atoms with Crippen molar-refractivity contribution in [1.29, 1.82) is 0 Å². The molecular weight excluding hydrogens is 270 g/mol. The predicted molar refractivity (Wildman–Crippen MR) is 75.6 cm³/mol. The number of aromatic carboxylic acids is 1. The van der Waals surface area contributed by atoms with Gasteiger partial charge >= 0.3 is 5.97 Å². The van der Waals surface area contributed by atoms with Crippen molar-refractivity contribution in [2.24, 2.45) is 0 Å².